The number of ether oxygens (including phenoxy) is 1. The van der Waals surface area contributed by atoms with Crippen molar-refractivity contribution in [2.24, 2.45) is 17.6 Å². The Morgan fingerprint density at radius 3 is 2.51 bits per heavy atom. The van der Waals surface area contributed by atoms with E-state index in [9.17, 15) is 34.8 Å². The smallest absolute Gasteiger partial charge is 0.255 e. The van der Waals surface area contributed by atoms with Crippen molar-refractivity contribution in [3.05, 3.63) is 44.7 Å². The molecule has 12 heteroatoms. The number of Topliss-reactive ketones (excluding diaryl/α,β-unsaturated/α-hetero) is 2. The van der Waals surface area contributed by atoms with Gasteiger partial charge >= 0.3 is 0 Å². The van der Waals surface area contributed by atoms with Crippen LogP contribution in [0.1, 0.15) is 29.5 Å². The van der Waals surface area contributed by atoms with Crippen LogP contribution in [0.2, 0.25) is 5.02 Å². The Morgan fingerprint density at radius 1 is 1.23 bits per heavy atom. The first-order valence-corrected chi connectivity index (χ1v) is 13.1. The summed E-state index contributed by atoms with van der Waals surface area (Å²) in [6.07, 6.45) is 1.02. The second-order valence-electron chi connectivity index (χ2n) is 11.1. The highest BCUT2D eigenvalue weighted by atomic mass is 35.5. The lowest BCUT2D eigenvalue weighted by Crippen LogP contribution is -2.65. The Morgan fingerprint density at radius 2 is 1.92 bits per heavy atom. The van der Waals surface area contributed by atoms with Gasteiger partial charge in [-0.2, -0.15) is 0 Å². The van der Waals surface area contributed by atoms with Gasteiger partial charge in [-0.1, -0.05) is 11.6 Å². The van der Waals surface area contributed by atoms with Crippen molar-refractivity contribution in [2.45, 2.75) is 43.5 Å². The zero-order valence-corrected chi connectivity index (χ0v) is 22.7. The molecule has 1 aromatic rings. The van der Waals surface area contributed by atoms with Crippen molar-refractivity contribution < 1.29 is 39.5 Å². The molecule has 2 fully saturated rings. The monoisotopic (exact) mass is 561 g/mol. The van der Waals surface area contributed by atoms with E-state index in [0.717, 1.165) is 6.42 Å². The van der Waals surface area contributed by atoms with E-state index in [1.165, 1.54) is 11.0 Å². The molecule has 210 valence electrons. The summed E-state index contributed by atoms with van der Waals surface area (Å²) in [6, 6.07) is 0.504. The highest BCUT2D eigenvalue weighted by Crippen LogP contribution is 2.53. The molecule has 39 heavy (non-hydrogen) atoms. The fourth-order valence-electron chi connectivity index (χ4n) is 6.73. The number of aliphatic hydroxyl groups excluding tert-OH is 2. The number of amides is 1. The number of carbonyl (C=O) groups is 3. The third-order valence-corrected chi connectivity index (χ3v) is 9.15. The topological polar surface area (TPSA) is 174 Å². The number of hydrogen-bond acceptors (Lipinski definition) is 10. The fraction of sp³-hybridized carbons (Fsp3) is 0.519. The average molecular weight is 562 g/mol. The average Bonchev–Trinajstić information content (AvgIpc) is 3.39. The van der Waals surface area contributed by atoms with Crippen LogP contribution in [0.15, 0.2) is 23.0 Å². The van der Waals surface area contributed by atoms with E-state index < -0.39 is 58.0 Å². The number of likely N-dealkylation sites (N-methyl/N-ethyl adjacent to an activating group) is 2. The largest absolute Gasteiger partial charge is 0.508 e. The van der Waals surface area contributed by atoms with Crippen LogP contribution in [0.4, 0.5) is 0 Å². The molecule has 0 unspecified atom stereocenters. The Labute approximate surface area is 230 Å². The summed E-state index contributed by atoms with van der Waals surface area (Å²) in [5.74, 6) is -6.90. The number of nitrogens with zero attached hydrogens (tertiary/aromatic N) is 2. The van der Waals surface area contributed by atoms with Gasteiger partial charge in [0.05, 0.1) is 18.2 Å². The van der Waals surface area contributed by atoms with Crippen LogP contribution in [-0.2, 0) is 32.1 Å². The molecule has 0 aromatic heterocycles. The number of fused-ring (bicyclic) bond motifs is 3. The maximum absolute atomic E-state index is 13.9. The summed E-state index contributed by atoms with van der Waals surface area (Å²) in [7, 11) is 5.05. The molecule has 0 radical (unpaired) electrons. The molecular formula is C27H32ClN3O8. The number of carbonyl (C=O) groups excluding carboxylic acids is 3. The Bertz CT molecular complexity index is 1350. The zero-order chi connectivity index (χ0) is 28.5. The number of primary amides is 1. The number of hydrogen-bond donors (Lipinski definition) is 5. The third kappa shape index (κ3) is 3.98. The van der Waals surface area contributed by atoms with Gasteiger partial charge in [0, 0.05) is 35.7 Å². The minimum atomic E-state index is -2.67. The van der Waals surface area contributed by atoms with Gasteiger partial charge in [-0.25, -0.2) is 0 Å². The van der Waals surface area contributed by atoms with Crippen LogP contribution < -0.4 is 5.73 Å². The second-order valence-corrected chi connectivity index (χ2v) is 11.5. The van der Waals surface area contributed by atoms with Crippen LogP contribution in [0, 0.1) is 11.8 Å². The van der Waals surface area contributed by atoms with E-state index >= 15 is 0 Å². The van der Waals surface area contributed by atoms with Crippen LogP contribution in [-0.4, -0.2) is 99.7 Å². The van der Waals surface area contributed by atoms with Crippen molar-refractivity contribution in [3.63, 3.8) is 0 Å². The minimum absolute atomic E-state index is 0.00635. The summed E-state index contributed by atoms with van der Waals surface area (Å²) in [5.41, 5.74) is 2.70. The molecular weight excluding hydrogens is 530 g/mol. The van der Waals surface area contributed by atoms with Crippen molar-refractivity contribution in [1.29, 1.82) is 0 Å². The lowest BCUT2D eigenvalue weighted by atomic mass is 9.57. The highest BCUT2D eigenvalue weighted by molar-refractivity contribution is 6.32. The molecule has 1 amide bonds. The molecule has 1 aliphatic heterocycles. The first kappa shape index (κ1) is 27.6. The van der Waals surface area contributed by atoms with E-state index in [2.05, 4.69) is 4.90 Å². The van der Waals surface area contributed by atoms with Gasteiger partial charge in [0.15, 0.2) is 11.4 Å². The molecule has 5 rings (SSSR count). The van der Waals surface area contributed by atoms with Gasteiger partial charge in [0.1, 0.15) is 22.8 Å². The maximum atomic E-state index is 13.9. The molecule has 3 aliphatic carbocycles. The van der Waals surface area contributed by atoms with Crippen molar-refractivity contribution >= 4 is 34.8 Å². The molecule has 6 N–H and O–H groups in total. The molecule has 11 nitrogen and oxygen atoms in total. The molecule has 0 bridgehead atoms. The number of ketones is 2. The Kier molecular flexibility index (Phi) is 6.79. The predicted octanol–water partition coefficient (Wildman–Crippen LogP) is 0.838. The number of phenolic OH excluding ortho intramolecular Hbond substituents is 1. The molecule has 1 aromatic carbocycles. The molecule has 4 aliphatic rings. The van der Waals surface area contributed by atoms with E-state index in [1.807, 2.05) is 7.05 Å². The quantitative estimate of drug-likeness (QED) is 0.324. The van der Waals surface area contributed by atoms with E-state index in [0.29, 0.717) is 35.9 Å². The van der Waals surface area contributed by atoms with Crippen LogP contribution in [0.3, 0.4) is 0 Å². The molecule has 1 heterocycles. The summed E-state index contributed by atoms with van der Waals surface area (Å²) < 4.78 is 5.47. The van der Waals surface area contributed by atoms with Crippen LogP contribution in [0.5, 0.6) is 5.75 Å². The van der Waals surface area contributed by atoms with Crippen LogP contribution in [0.25, 0.3) is 5.76 Å². The van der Waals surface area contributed by atoms with Gasteiger partial charge in [-0.15, -0.1) is 0 Å². The number of phenols is 1. The SMILES string of the molecule is CN(C)[C@@H]1C(=O)C(C(N)=O)=C(O)[C@@]2(O)C(=O)C3=C(O)c4c(O)cc(CN(C)[C@@H]5CCOC5)c(Cl)c4C[C@H]3C[C@@H]12. The van der Waals surface area contributed by atoms with Crippen molar-refractivity contribution in [2.75, 3.05) is 34.4 Å². The van der Waals surface area contributed by atoms with Gasteiger partial charge in [-0.05, 0) is 63.5 Å². The van der Waals surface area contributed by atoms with Crippen molar-refractivity contribution in [3.8, 4) is 5.75 Å². The lowest BCUT2D eigenvalue weighted by molar-refractivity contribution is -0.153. The first-order chi connectivity index (χ1) is 18.3. The minimum Gasteiger partial charge on any atom is -0.508 e. The van der Waals surface area contributed by atoms with Gasteiger partial charge in [0.25, 0.3) is 5.91 Å². The zero-order valence-electron chi connectivity index (χ0n) is 21.9. The number of benzene rings is 1. The fourth-order valence-corrected chi connectivity index (χ4v) is 7.02. The lowest BCUT2D eigenvalue weighted by Gasteiger charge is -2.50. The van der Waals surface area contributed by atoms with E-state index in [1.54, 1.807) is 14.1 Å². The predicted molar refractivity (Wildman–Crippen MR) is 140 cm³/mol. The normalized spacial score (nSPS) is 30.6. The number of rotatable bonds is 5. The number of aromatic hydroxyl groups is 1. The van der Waals surface area contributed by atoms with Crippen LogP contribution >= 0.6 is 11.6 Å². The number of nitrogens with two attached hydrogens (primary N) is 1. The van der Waals surface area contributed by atoms with Gasteiger partial charge in [-0.3, -0.25) is 24.2 Å². The molecule has 0 spiro atoms. The summed E-state index contributed by atoms with van der Waals surface area (Å²) >= 11 is 6.83. The second kappa shape index (κ2) is 9.60. The van der Waals surface area contributed by atoms with E-state index in [4.69, 9.17) is 22.1 Å². The summed E-state index contributed by atoms with van der Waals surface area (Å²) in [5, 5.41) is 45.2. The number of aliphatic hydroxyl groups is 3. The summed E-state index contributed by atoms with van der Waals surface area (Å²) in [4.78, 5) is 42.7. The Balaban J connectivity index is 1.62. The number of halogens is 1. The summed E-state index contributed by atoms with van der Waals surface area (Å²) in [6.45, 7) is 1.69. The van der Waals surface area contributed by atoms with Gasteiger partial charge < -0.3 is 30.9 Å². The third-order valence-electron chi connectivity index (χ3n) is 8.68. The highest BCUT2D eigenvalue weighted by Gasteiger charge is 2.64. The maximum Gasteiger partial charge on any atom is 0.255 e. The molecule has 1 saturated carbocycles. The molecule has 1 saturated heterocycles. The molecule has 5 atom stereocenters. The van der Waals surface area contributed by atoms with E-state index in [-0.39, 0.29) is 35.8 Å². The van der Waals surface area contributed by atoms with Crippen molar-refractivity contribution in [1.82, 2.24) is 9.80 Å². The van der Waals surface area contributed by atoms with Gasteiger partial charge in [0.2, 0.25) is 5.78 Å². The standard InChI is InChI=1S/C27H32ClN3O8/c1-30(2)21-15-7-11-6-14-18(16(32)8-12(20(14)28)9-31(3)13-4-5-39-10-13)22(33)17(11)24(35)27(15,38)25(36)19(23(21)34)26(29)37/h8,11,13,15,21,32-33,36,38H,4-7,9-10H2,1-3H3,(H2,29,37)/t11-,13+,15-,21-,27-/m0/s1. The first-order valence-electron chi connectivity index (χ1n) is 12.8. The Hall–Kier alpha value is -2.96.